The number of anilines is 1. The van der Waals surface area contributed by atoms with Crippen LogP contribution in [0.2, 0.25) is 0 Å². The quantitative estimate of drug-likeness (QED) is 0.761. The van der Waals surface area contributed by atoms with Crippen LogP contribution in [0, 0.1) is 0 Å². The molecule has 1 amide bonds. The molecule has 0 unspecified atom stereocenters. The number of amides is 1. The molecule has 0 spiro atoms. The zero-order valence-corrected chi connectivity index (χ0v) is 10.8. The summed E-state index contributed by atoms with van der Waals surface area (Å²) < 4.78 is 1.81. The number of carbonyl (C=O) groups excluding carboxylic acids is 1. The molecule has 2 N–H and O–H groups in total. The van der Waals surface area contributed by atoms with Gasteiger partial charge in [0.15, 0.2) is 0 Å². The van der Waals surface area contributed by atoms with Gasteiger partial charge in [-0.3, -0.25) is 9.78 Å². The second-order valence-electron chi connectivity index (χ2n) is 3.90. The molecule has 19 heavy (non-hydrogen) atoms. The molecule has 0 saturated heterocycles. The summed E-state index contributed by atoms with van der Waals surface area (Å²) in [5, 5.41) is 13.3. The van der Waals surface area contributed by atoms with Gasteiger partial charge in [0.2, 0.25) is 0 Å². The number of hydrogen-bond donors (Lipinski definition) is 2. The molecule has 2 aromatic heterocycles. The maximum absolute atomic E-state index is 11.8. The first-order valence-electron chi connectivity index (χ1n) is 5.81. The largest absolute Gasteiger partial charge is 0.372 e. The van der Waals surface area contributed by atoms with Gasteiger partial charge in [-0.2, -0.15) is 0 Å². The van der Waals surface area contributed by atoms with Crippen molar-refractivity contribution in [3.63, 3.8) is 0 Å². The smallest absolute Gasteiger partial charge is 0.271 e. The highest BCUT2D eigenvalue weighted by Crippen LogP contribution is 2.00. The van der Waals surface area contributed by atoms with Crippen molar-refractivity contribution in [2.24, 2.45) is 7.05 Å². The summed E-state index contributed by atoms with van der Waals surface area (Å²) in [5.41, 5.74) is 0.282. The van der Waals surface area contributed by atoms with E-state index in [2.05, 4.69) is 30.8 Å². The van der Waals surface area contributed by atoms with Gasteiger partial charge >= 0.3 is 0 Å². The average molecular weight is 261 g/mol. The standard InChI is InChI=1S/C11H15N7O/c1-12-9-6-13-5-8(16-9)11(19)14-4-3-10-17-15-7-18(10)2/h5-7H,3-4H2,1-2H3,(H,12,16)(H,14,19). The maximum atomic E-state index is 11.8. The van der Waals surface area contributed by atoms with Gasteiger partial charge in [-0.25, -0.2) is 4.98 Å². The van der Waals surface area contributed by atoms with Crippen LogP contribution < -0.4 is 10.6 Å². The summed E-state index contributed by atoms with van der Waals surface area (Å²) in [7, 11) is 3.58. The predicted molar refractivity (Wildman–Crippen MR) is 68.6 cm³/mol. The Morgan fingerprint density at radius 3 is 2.95 bits per heavy atom. The number of aromatic nitrogens is 5. The second kappa shape index (κ2) is 5.89. The molecule has 100 valence electrons. The van der Waals surface area contributed by atoms with E-state index in [-0.39, 0.29) is 11.6 Å². The maximum Gasteiger partial charge on any atom is 0.271 e. The highest BCUT2D eigenvalue weighted by atomic mass is 16.1. The number of aryl methyl sites for hydroxylation is 1. The molecule has 0 aliphatic heterocycles. The lowest BCUT2D eigenvalue weighted by Gasteiger charge is -2.05. The van der Waals surface area contributed by atoms with E-state index in [4.69, 9.17) is 0 Å². The Balaban J connectivity index is 1.89. The van der Waals surface area contributed by atoms with Gasteiger partial charge in [0.05, 0.1) is 12.4 Å². The normalized spacial score (nSPS) is 10.2. The second-order valence-corrected chi connectivity index (χ2v) is 3.90. The summed E-state index contributed by atoms with van der Waals surface area (Å²) in [4.78, 5) is 19.9. The molecule has 2 heterocycles. The van der Waals surface area contributed by atoms with Crippen molar-refractivity contribution in [1.82, 2.24) is 30.0 Å². The summed E-state index contributed by atoms with van der Waals surface area (Å²) in [6, 6.07) is 0. The molecular formula is C11H15N7O. The molecule has 0 saturated carbocycles. The van der Waals surface area contributed by atoms with Crippen molar-refractivity contribution in [2.75, 3.05) is 18.9 Å². The van der Waals surface area contributed by atoms with Crippen molar-refractivity contribution >= 4 is 11.7 Å². The third kappa shape index (κ3) is 3.24. The SMILES string of the molecule is CNc1cncc(C(=O)NCCc2nncn2C)n1. The fourth-order valence-corrected chi connectivity index (χ4v) is 1.51. The van der Waals surface area contributed by atoms with Gasteiger partial charge in [-0.15, -0.1) is 10.2 Å². The summed E-state index contributed by atoms with van der Waals surface area (Å²) in [6.07, 6.45) is 5.22. The van der Waals surface area contributed by atoms with E-state index in [0.29, 0.717) is 18.8 Å². The van der Waals surface area contributed by atoms with Crippen LogP contribution >= 0.6 is 0 Å². The molecule has 0 aliphatic carbocycles. The lowest BCUT2D eigenvalue weighted by atomic mass is 10.3. The summed E-state index contributed by atoms with van der Waals surface area (Å²) in [6.45, 7) is 0.469. The third-order valence-corrected chi connectivity index (χ3v) is 2.56. The minimum absolute atomic E-state index is 0.258. The molecule has 2 rings (SSSR count). The Bertz CT molecular complexity index is 566. The fourth-order valence-electron chi connectivity index (χ4n) is 1.51. The molecule has 0 bridgehead atoms. The van der Waals surface area contributed by atoms with Crippen LogP contribution in [0.5, 0.6) is 0 Å². The highest BCUT2D eigenvalue weighted by molar-refractivity contribution is 5.92. The first kappa shape index (κ1) is 12.9. The number of nitrogens with one attached hydrogen (secondary N) is 2. The van der Waals surface area contributed by atoms with Crippen LogP contribution in [0.15, 0.2) is 18.7 Å². The van der Waals surface area contributed by atoms with E-state index in [0.717, 1.165) is 5.82 Å². The minimum atomic E-state index is -0.258. The van der Waals surface area contributed by atoms with Gasteiger partial charge in [-0.05, 0) is 0 Å². The molecule has 0 fully saturated rings. The molecule has 8 heteroatoms. The average Bonchev–Trinajstić information content (AvgIpc) is 2.84. The van der Waals surface area contributed by atoms with Crippen LogP contribution in [-0.4, -0.2) is 44.2 Å². The molecular weight excluding hydrogens is 246 g/mol. The first-order chi connectivity index (χ1) is 9.20. The van der Waals surface area contributed by atoms with Crippen molar-refractivity contribution < 1.29 is 4.79 Å². The third-order valence-electron chi connectivity index (χ3n) is 2.56. The fraction of sp³-hybridized carbons (Fsp3) is 0.364. The summed E-state index contributed by atoms with van der Waals surface area (Å²) >= 11 is 0. The van der Waals surface area contributed by atoms with E-state index in [1.54, 1.807) is 19.6 Å². The minimum Gasteiger partial charge on any atom is -0.372 e. The van der Waals surface area contributed by atoms with Gasteiger partial charge in [0.1, 0.15) is 23.7 Å². The Kier molecular flexibility index (Phi) is 4.01. The van der Waals surface area contributed by atoms with E-state index < -0.39 is 0 Å². The van der Waals surface area contributed by atoms with Gasteiger partial charge < -0.3 is 15.2 Å². The van der Waals surface area contributed by atoms with Crippen molar-refractivity contribution in [1.29, 1.82) is 0 Å². The van der Waals surface area contributed by atoms with Crippen molar-refractivity contribution in [3.05, 3.63) is 30.2 Å². The first-order valence-corrected chi connectivity index (χ1v) is 5.81. The number of rotatable bonds is 5. The monoisotopic (exact) mass is 261 g/mol. The molecule has 0 aliphatic rings. The van der Waals surface area contributed by atoms with Crippen molar-refractivity contribution in [2.45, 2.75) is 6.42 Å². The molecule has 0 aromatic carbocycles. The van der Waals surface area contributed by atoms with Crippen molar-refractivity contribution in [3.8, 4) is 0 Å². The summed E-state index contributed by atoms with van der Waals surface area (Å²) in [5.74, 6) is 1.11. The lowest BCUT2D eigenvalue weighted by molar-refractivity contribution is 0.0948. The topological polar surface area (TPSA) is 97.6 Å². The number of nitrogens with zero attached hydrogens (tertiary/aromatic N) is 5. The highest BCUT2D eigenvalue weighted by Gasteiger charge is 2.08. The number of hydrogen-bond acceptors (Lipinski definition) is 6. The Morgan fingerprint density at radius 1 is 1.42 bits per heavy atom. The van der Waals surface area contributed by atoms with E-state index >= 15 is 0 Å². The van der Waals surface area contributed by atoms with Crippen LogP contribution in [-0.2, 0) is 13.5 Å². The van der Waals surface area contributed by atoms with Gasteiger partial charge in [-0.1, -0.05) is 0 Å². The van der Waals surface area contributed by atoms with Crippen LogP contribution in [0.4, 0.5) is 5.82 Å². The number of carbonyl (C=O) groups is 1. The predicted octanol–water partition coefficient (Wildman–Crippen LogP) is -0.381. The van der Waals surface area contributed by atoms with Crippen LogP contribution in [0.1, 0.15) is 16.3 Å². The molecule has 0 atom stereocenters. The Morgan fingerprint density at radius 2 is 2.26 bits per heavy atom. The molecule has 8 nitrogen and oxygen atoms in total. The Hall–Kier alpha value is -2.51. The van der Waals surface area contributed by atoms with Crippen LogP contribution in [0.25, 0.3) is 0 Å². The Labute approximate surface area is 110 Å². The zero-order valence-electron chi connectivity index (χ0n) is 10.8. The lowest BCUT2D eigenvalue weighted by Crippen LogP contribution is -2.27. The van der Waals surface area contributed by atoms with E-state index in [1.807, 2.05) is 11.6 Å². The van der Waals surface area contributed by atoms with Crippen LogP contribution in [0.3, 0.4) is 0 Å². The van der Waals surface area contributed by atoms with E-state index in [1.165, 1.54) is 6.20 Å². The molecule has 2 aromatic rings. The van der Waals surface area contributed by atoms with Gasteiger partial charge in [0.25, 0.3) is 5.91 Å². The zero-order chi connectivity index (χ0) is 13.7. The van der Waals surface area contributed by atoms with Gasteiger partial charge in [0, 0.05) is 27.1 Å². The molecule has 0 radical (unpaired) electrons. The van der Waals surface area contributed by atoms with E-state index in [9.17, 15) is 4.79 Å².